The van der Waals surface area contributed by atoms with E-state index in [0.717, 1.165) is 25.6 Å². The lowest BCUT2D eigenvalue weighted by Gasteiger charge is -2.18. The lowest BCUT2D eigenvalue weighted by molar-refractivity contribution is -0.384. The number of rotatable bonds is 4. The molecule has 0 aromatic heterocycles. The standard InChI is InChI=1S/C14H16N2O4/c1-10-6-7-15(9-10)12-4-2-11(3-5-14(17)18)8-13(12)16(19)20/h2-5,8,10H,6-7,9H2,1H3,(H,17,18)/b5-3+. The van der Waals surface area contributed by atoms with E-state index < -0.39 is 10.9 Å². The molecule has 1 aromatic rings. The molecule has 1 unspecified atom stereocenters. The lowest BCUT2D eigenvalue weighted by atomic mass is 10.1. The smallest absolute Gasteiger partial charge is 0.328 e. The molecule has 0 aliphatic carbocycles. The van der Waals surface area contributed by atoms with Crippen molar-refractivity contribution < 1.29 is 14.8 Å². The maximum atomic E-state index is 11.2. The summed E-state index contributed by atoms with van der Waals surface area (Å²) in [4.78, 5) is 23.3. The van der Waals surface area contributed by atoms with Crippen LogP contribution in [0, 0.1) is 16.0 Å². The predicted octanol–water partition coefficient (Wildman–Crippen LogP) is 2.54. The van der Waals surface area contributed by atoms with Crippen molar-refractivity contribution in [3.8, 4) is 0 Å². The fourth-order valence-corrected chi connectivity index (χ4v) is 2.38. The largest absolute Gasteiger partial charge is 0.478 e. The van der Waals surface area contributed by atoms with Crippen LogP contribution in [-0.2, 0) is 4.79 Å². The second-order valence-electron chi connectivity index (χ2n) is 5.02. The van der Waals surface area contributed by atoms with Crippen molar-refractivity contribution >= 4 is 23.4 Å². The number of benzene rings is 1. The van der Waals surface area contributed by atoms with Crippen LogP contribution in [0.5, 0.6) is 0 Å². The minimum absolute atomic E-state index is 0.0200. The summed E-state index contributed by atoms with van der Waals surface area (Å²) in [6, 6.07) is 4.81. The van der Waals surface area contributed by atoms with E-state index in [1.807, 2.05) is 4.90 Å². The fraction of sp³-hybridized carbons (Fsp3) is 0.357. The molecule has 1 N–H and O–H groups in total. The molecule has 0 spiro atoms. The van der Waals surface area contributed by atoms with Gasteiger partial charge in [-0.1, -0.05) is 13.0 Å². The number of nitrogens with zero attached hydrogens (tertiary/aromatic N) is 2. The molecule has 20 heavy (non-hydrogen) atoms. The van der Waals surface area contributed by atoms with Gasteiger partial charge in [-0.3, -0.25) is 10.1 Å². The minimum atomic E-state index is -1.08. The van der Waals surface area contributed by atoms with Crippen LogP contribution in [0.15, 0.2) is 24.3 Å². The normalized spacial score (nSPS) is 18.6. The van der Waals surface area contributed by atoms with Crippen molar-refractivity contribution in [3.63, 3.8) is 0 Å². The van der Waals surface area contributed by atoms with Gasteiger partial charge in [-0.15, -0.1) is 0 Å². The topological polar surface area (TPSA) is 83.7 Å². The van der Waals surface area contributed by atoms with Gasteiger partial charge in [-0.05, 0) is 30.0 Å². The quantitative estimate of drug-likeness (QED) is 0.519. The summed E-state index contributed by atoms with van der Waals surface area (Å²) in [6.07, 6.45) is 3.35. The summed E-state index contributed by atoms with van der Waals surface area (Å²) in [5.41, 5.74) is 1.13. The Bertz CT molecular complexity index is 568. The van der Waals surface area contributed by atoms with Gasteiger partial charge in [0.2, 0.25) is 0 Å². The van der Waals surface area contributed by atoms with E-state index in [9.17, 15) is 14.9 Å². The van der Waals surface area contributed by atoms with Gasteiger partial charge >= 0.3 is 5.97 Å². The third-order valence-electron chi connectivity index (χ3n) is 3.38. The number of nitro benzene ring substituents is 1. The van der Waals surface area contributed by atoms with Crippen LogP contribution in [0.25, 0.3) is 6.08 Å². The van der Waals surface area contributed by atoms with Gasteiger partial charge in [-0.2, -0.15) is 0 Å². The molecule has 0 bridgehead atoms. The average Bonchev–Trinajstić information content (AvgIpc) is 2.82. The molecule has 0 amide bonds. The Labute approximate surface area is 116 Å². The molecule has 2 rings (SSSR count). The highest BCUT2D eigenvalue weighted by Crippen LogP contribution is 2.33. The van der Waals surface area contributed by atoms with E-state index >= 15 is 0 Å². The number of nitro groups is 1. The Morgan fingerprint density at radius 2 is 2.30 bits per heavy atom. The van der Waals surface area contributed by atoms with E-state index in [1.165, 1.54) is 12.1 Å². The number of carboxylic acid groups (broad SMARTS) is 1. The van der Waals surface area contributed by atoms with E-state index in [4.69, 9.17) is 5.11 Å². The van der Waals surface area contributed by atoms with E-state index in [1.54, 1.807) is 12.1 Å². The molecular formula is C14H16N2O4. The third kappa shape index (κ3) is 3.14. The molecular weight excluding hydrogens is 260 g/mol. The molecule has 0 saturated carbocycles. The van der Waals surface area contributed by atoms with Gasteiger partial charge < -0.3 is 10.0 Å². The molecule has 106 valence electrons. The molecule has 1 aliphatic rings. The van der Waals surface area contributed by atoms with Crippen LogP contribution in [0.1, 0.15) is 18.9 Å². The van der Waals surface area contributed by atoms with Crippen LogP contribution in [-0.4, -0.2) is 29.1 Å². The average molecular weight is 276 g/mol. The number of carbonyl (C=O) groups is 1. The highest BCUT2D eigenvalue weighted by molar-refractivity contribution is 5.85. The van der Waals surface area contributed by atoms with Crippen LogP contribution >= 0.6 is 0 Å². The van der Waals surface area contributed by atoms with Gasteiger partial charge in [0.15, 0.2) is 0 Å². The van der Waals surface area contributed by atoms with Gasteiger partial charge in [0.1, 0.15) is 5.69 Å². The zero-order valence-electron chi connectivity index (χ0n) is 11.2. The Kier molecular flexibility index (Phi) is 4.02. The summed E-state index contributed by atoms with van der Waals surface area (Å²) in [5, 5.41) is 19.8. The molecule has 1 saturated heterocycles. The second-order valence-corrected chi connectivity index (χ2v) is 5.02. The minimum Gasteiger partial charge on any atom is -0.478 e. The summed E-state index contributed by atoms with van der Waals surface area (Å²) in [5.74, 6) is -0.550. The van der Waals surface area contributed by atoms with Gasteiger partial charge in [0.25, 0.3) is 5.69 Å². The second kappa shape index (κ2) is 5.73. The van der Waals surface area contributed by atoms with Crippen molar-refractivity contribution in [1.82, 2.24) is 0 Å². The van der Waals surface area contributed by atoms with Crippen molar-refractivity contribution in [1.29, 1.82) is 0 Å². The van der Waals surface area contributed by atoms with Gasteiger partial charge in [0, 0.05) is 25.2 Å². The van der Waals surface area contributed by atoms with Crippen molar-refractivity contribution in [2.24, 2.45) is 5.92 Å². The van der Waals surface area contributed by atoms with E-state index in [-0.39, 0.29) is 5.69 Å². The third-order valence-corrected chi connectivity index (χ3v) is 3.38. The number of aliphatic carboxylic acids is 1. The SMILES string of the molecule is CC1CCN(c2ccc(/C=C/C(=O)O)cc2[N+](=O)[O-])C1. The Morgan fingerprint density at radius 3 is 2.85 bits per heavy atom. The maximum absolute atomic E-state index is 11.2. The number of anilines is 1. The lowest BCUT2D eigenvalue weighted by Crippen LogP contribution is -2.20. The molecule has 1 aliphatic heterocycles. The molecule has 1 aromatic carbocycles. The Morgan fingerprint density at radius 1 is 1.55 bits per heavy atom. The maximum Gasteiger partial charge on any atom is 0.328 e. The first-order valence-electron chi connectivity index (χ1n) is 6.42. The summed E-state index contributed by atoms with van der Waals surface area (Å²) in [6.45, 7) is 3.74. The van der Waals surface area contributed by atoms with Crippen LogP contribution in [0.4, 0.5) is 11.4 Å². The van der Waals surface area contributed by atoms with Crippen LogP contribution in [0.3, 0.4) is 0 Å². The van der Waals surface area contributed by atoms with E-state index in [2.05, 4.69) is 6.92 Å². The molecule has 1 heterocycles. The Balaban J connectivity index is 2.33. The number of hydrogen-bond acceptors (Lipinski definition) is 4. The number of hydrogen-bond donors (Lipinski definition) is 1. The first-order chi connectivity index (χ1) is 9.47. The monoisotopic (exact) mass is 276 g/mol. The number of carboxylic acids is 1. The van der Waals surface area contributed by atoms with Gasteiger partial charge in [-0.25, -0.2) is 4.79 Å². The highest BCUT2D eigenvalue weighted by Gasteiger charge is 2.25. The molecule has 6 heteroatoms. The summed E-state index contributed by atoms with van der Waals surface area (Å²) >= 11 is 0. The zero-order chi connectivity index (χ0) is 14.7. The molecule has 0 radical (unpaired) electrons. The van der Waals surface area contributed by atoms with Gasteiger partial charge in [0.05, 0.1) is 4.92 Å². The first kappa shape index (κ1) is 14.0. The summed E-state index contributed by atoms with van der Waals surface area (Å²) in [7, 11) is 0. The zero-order valence-corrected chi connectivity index (χ0v) is 11.2. The van der Waals surface area contributed by atoms with Crippen molar-refractivity contribution in [2.45, 2.75) is 13.3 Å². The summed E-state index contributed by atoms with van der Waals surface area (Å²) < 4.78 is 0. The first-order valence-corrected chi connectivity index (χ1v) is 6.42. The molecule has 1 fully saturated rings. The van der Waals surface area contributed by atoms with Crippen molar-refractivity contribution in [2.75, 3.05) is 18.0 Å². The Hall–Kier alpha value is -2.37. The van der Waals surface area contributed by atoms with Crippen molar-refractivity contribution in [3.05, 3.63) is 40.0 Å². The molecule has 6 nitrogen and oxygen atoms in total. The van der Waals surface area contributed by atoms with E-state index in [0.29, 0.717) is 17.2 Å². The fourth-order valence-electron chi connectivity index (χ4n) is 2.38. The molecule has 1 atom stereocenters. The van der Waals surface area contributed by atoms with Crippen LogP contribution in [0.2, 0.25) is 0 Å². The highest BCUT2D eigenvalue weighted by atomic mass is 16.6. The van der Waals surface area contributed by atoms with Crippen LogP contribution < -0.4 is 4.90 Å². The predicted molar refractivity (Wildman–Crippen MR) is 75.8 cm³/mol.